The number of carboxylic acid groups (broad SMARTS) is 2. The molecule has 0 saturated heterocycles. The number of carbonyl (C=O) groups is 2. The Balaban J connectivity index is 2.98. The first-order valence-electron chi connectivity index (χ1n) is 4.20. The highest BCUT2D eigenvalue weighted by atomic mass is 19.1. The molecule has 84 valence electrons. The lowest BCUT2D eigenvalue weighted by molar-refractivity contribution is -0.134. The monoisotopic (exact) mass is 225 g/mol. The van der Waals surface area contributed by atoms with Gasteiger partial charge >= 0.3 is 11.9 Å². The molecule has 3 N–H and O–H groups in total. The summed E-state index contributed by atoms with van der Waals surface area (Å²) in [6.45, 7) is 0. The summed E-state index contributed by atoms with van der Waals surface area (Å²) in [5.41, 5.74) is -0.713. The van der Waals surface area contributed by atoms with Crippen LogP contribution in [-0.2, 0) is 9.59 Å². The summed E-state index contributed by atoms with van der Waals surface area (Å²) in [6, 6.07) is 5.35. The van der Waals surface area contributed by atoms with Gasteiger partial charge in [0.05, 0.1) is 11.8 Å². The number of halogens is 1. The Morgan fingerprint density at radius 1 is 1.25 bits per heavy atom. The standard InChI is InChI=1S/C10H8FNO4/c11-6-3-1-2-4-7(6)12-8(10(15)16)5-9(13)14/h1-5,12H,(H,13,14)(H,15,16)/b8-5+. The molecular weight excluding hydrogens is 217 g/mol. The molecule has 0 saturated carbocycles. The van der Waals surface area contributed by atoms with Gasteiger partial charge in [-0.1, -0.05) is 12.1 Å². The summed E-state index contributed by atoms with van der Waals surface area (Å²) < 4.78 is 13.1. The first-order chi connectivity index (χ1) is 7.50. The topological polar surface area (TPSA) is 86.6 Å². The molecule has 1 aromatic rings. The van der Waals surface area contributed by atoms with Crippen molar-refractivity contribution in [3.8, 4) is 0 Å². The Morgan fingerprint density at radius 3 is 2.38 bits per heavy atom. The minimum Gasteiger partial charge on any atom is -0.478 e. The third-order valence-corrected chi connectivity index (χ3v) is 1.64. The molecule has 0 unspecified atom stereocenters. The van der Waals surface area contributed by atoms with Gasteiger partial charge in [-0.05, 0) is 12.1 Å². The predicted octanol–water partition coefficient (Wildman–Crippen LogP) is 1.29. The Morgan fingerprint density at radius 2 is 1.88 bits per heavy atom. The van der Waals surface area contributed by atoms with Gasteiger partial charge in [-0.25, -0.2) is 14.0 Å². The SMILES string of the molecule is O=C(O)/C=C(/Nc1ccccc1F)C(=O)O. The zero-order valence-electron chi connectivity index (χ0n) is 7.98. The van der Waals surface area contributed by atoms with Gasteiger partial charge in [-0.2, -0.15) is 0 Å². The van der Waals surface area contributed by atoms with Crippen LogP contribution in [0.5, 0.6) is 0 Å². The second kappa shape index (κ2) is 4.92. The average molecular weight is 225 g/mol. The molecule has 6 heteroatoms. The van der Waals surface area contributed by atoms with Crippen LogP contribution in [0.25, 0.3) is 0 Å². The molecule has 1 aromatic carbocycles. The van der Waals surface area contributed by atoms with Crippen molar-refractivity contribution in [1.82, 2.24) is 0 Å². The molecule has 5 nitrogen and oxygen atoms in total. The van der Waals surface area contributed by atoms with E-state index in [4.69, 9.17) is 10.2 Å². The lowest BCUT2D eigenvalue weighted by Crippen LogP contribution is -2.13. The molecule has 1 rings (SSSR count). The van der Waals surface area contributed by atoms with E-state index >= 15 is 0 Å². The van der Waals surface area contributed by atoms with Crippen molar-refractivity contribution in [2.24, 2.45) is 0 Å². The summed E-state index contributed by atoms with van der Waals surface area (Å²) in [7, 11) is 0. The molecule has 0 fully saturated rings. The van der Waals surface area contributed by atoms with Gasteiger partial charge in [0.1, 0.15) is 11.5 Å². The molecule has 0 atom stereocenters. The second-order valence-corrected chi connectivity index (χ2v) is 2.81. The maximum atomic E-state index is 13.1. The van der Waals surface area contributed by atoms with Crippen LogP contribution in [0.3, 0.4) is 0 Å². The molecule has 0 spiro atoms. The fourth-order valence-electron chi connectivity index (χ4n) is 0.982. The minimum absolute atomic E-state index is 0.0996. The molecule has 16 heavy (non-hydrogen) atoms. The van der Waals surface area contributed by atoms with E-state index in [-0.39, 0.29) is 5.69 Å². The first kappa shape index (κ1) is 11.7. The summed E-state index contributed by atoms with van der Waals surface area (Å²) in [5.74, 6) is -3.58. The number of benzene rings is 1. The number of para-hydroxylation sites is 1. The zero-order valence-corrected chi connectivity index (χ0v) is 7.98. The third-order valence-electron chi connectivity index (χ3n) is 1.64. The molecule has 0 aliphatic carbocycles. The molecule has 0 aliphatic heterocycles. The molecule has 0 heterocycles. The molecule has 0 aromatic heterocycles. The number of nitrogens with one attached hydrogen (secondary N) is 1. The van der Waals surface area contributed by atoms with Crippen molar-refractivity contribution in [3.05, 3.63) is 41.9 Å². The Kier molecular flexibility index (Phi) is 3.60. The Labute approximate surface area is 89.8 Å². The van der Waals surface area contributed by atoms with E-state index in [2.05, 4.69) is 5.32 Å². The number of aliphatic carboxylic acids is 2. The molecule has 0 radical (unpaired) electrons. The van der Waals surface area contributed by atoms with E-state index in [9.17, 15) is 14.0 Å². The van der Waals surface area contributed by atoms with Crippen LogP contribution in [0.2, 0.25) is 0 Å². The number of anilines is 1. The highest BCUT2D eigenvalue weighted by molar-refractivity contribution is 5.97. The van der Waals surface area contributed by atoms with Crippen LogP contribution < -0.4 is 5.32 Å². The lowest BCUT2D eigenvalue weighted by atomic mass is 10.3. The van der Waals surface area contributed by atoms with Crippen LogP contribution in [0.1, 0.15) is 0 Å². The van der Waals surface area contributed by atoms with Gasteiger partial charge in [0.2, 0.25) is 0 Å². The van der Waals surface area contributed by atoms with Gasteiger partial charge in [-0.3, -0.25) is 0 Å². The normalized spacial score (nSPS) is 10.9. The third kappa shape index (κ3) is 3.09. The summed E-state index contributed by atoms with van der Waals surface area (Å²) >= 11 is 0. The number of rotatable bonds is 4. The molecular formula is C10H8FNO4. The predicted molar refractivity (Wildman–Crippen MR) is 53.4 cm³/mol. The summed E-state index contributed by atoms with van der Waals surface area (Å²) in [5, 5.41) is 19.2. The van der Waals surface area contributed by atoms with E-state index in [1.165, 1.54) is 18.2 Å². The van der Waals surface area contributed by atoms with Crippen LogP contribution in [0.15, 0.2) is 36.0 Å². The molecule has 0 amide bonds. The van der Waals surface area contributed by atoms with Crippen LogP contribution >= 0.6 is 0 Å². The van der Waals surface area contributed by atoms with E-state index < -0.39 is 23.5 Å². The van der Waals surface area contributed by atoms with Gasteiger partial charge < -0.3 is 15.5 Å². The van der Waals surface area contributed by atoms with Crippen molar-refractivity contribution in [3.63, 3.8) is 0 Å². The highest BCUT2D eigenvalue weighted by Gasteiger charge is 2.11. The molecule has 0 bridgehead atoms. The summed E-state index contributed by atoms with van der Waals surface area (Å²) in [6.07, 6.45) is 0.453. The fourth-order valence-corrected chi connectivity index (χ4v) is 0.982. The van der Waals surface area contributed by atoms with Gasteiger partial charge in [0.15, 0.2) is 0 Å². The quantitative estimate of drug-likeness (QED) is 0.672. The maximum absolute atomic E-state index is 13.1. The van der Waals surface area contributed by atoms with Crippen molar-refractivity contribution in [2.75, 3.05) is 5.32 Å². The number of hydrogen-bond donors (Lipinski definition) is 3. The smallest absolute Gasteiger partial charge is 0.352 e. The second-order valence-electron chi connectivity index (χ2n) is 2.81. The van der Waals surface area contributed by atoms with Crippen molar-refractivity contribution >= 4 is 17.6 Å². The fraction of sp³-hybridized carbons (Fsp3) is 0. The van der Waals surface area contributed by atoms with Gasteiger partial charge in [-0.15, -0.1) is 0 Å². The van der Waals surface area contributed by atoms with Crippen LogP contribution in [0, 0.1) is 5.82 Å². The van der Waals surface area contributed by atoms with E-state index in [0.29, 0.717) is 6.08 Å². The van der Waals surface area contributed by atoms with E-state index in [1.54, 1.807) is 0 Å². The van der Waals surface area contributed by atoms with E-state index in [0.717, 1.165) is 6.07 Å². The minimum atomic E-state index is -1.48. The Bertz CT molecular complexity index is 456. The largest absolute Gasteiger partial charge is 0.478 e. The van der Waals surface area contributed by atoms with Crippen molar-refractivity contribution in [1.29, 1.82) is 0 Å². The number of carboxylic acids is 2. The Hall–Kier alpha value is -2.37. The zero-order chi connectivity index (χ0) is 12.1. The maximum Gasteiger partial charge on any atom is 0.352 e. The lowest BCUT2D eigenvalue weighted by Gasteiger charge is -2.06. The summed E-state index contributed by atoms with van der Waals surface area (Å²) in [4.78, 5) is 20.9. The van der Waals surface area contributed by atoms with Crippen LogP contribution in [-0.4, -0.2) is 22.2 Å². The molecule has 0 aliphatic rings. The average Bonchev–Trinajstić information content (AvgIpc) is 2.19. The van der Waals surface area contributed by atoms with Gasteiger partial charge in [0.25, 0.3) is 0 Å². The van der Waals surface area contributed by atoms with Crippen molar-refractivity contribution < 1.29 is 24.2 Å². The van der Waals surface area contributed by atoms with Crippen LogP contribution in [0.4, 0.5) is 10.1 Å². The van der Waals surface area contributed by atoms with E-state index in [1.807, 2.05) is 0 Å². The van der Waals surface area contributed by atoms with Gasteiger partial charge in [0, 0.05) is 0 Å². The number of hydrogen-bond acceptors (Lipinski definition) is 3. The first-order valence-corrected chi connectivity index (χ1v) is 4.20. The van der Waals surface area contributed by atoms with Crippen molar-refractivity contribution in [2.45, 2.75) is 0 Å². The highest BCUT2D eigenvalue weighted by Crippen LogP contribution is 2.14.